The first-order valence-electron chi connectivity index (χ1n) is 23.5. The number of aromatic nitrogens is 6. The van der Waals surface area contributed by atoms with E-state index >= 15 is 0 Å². The molecule has 14 nitrogen and oxygen atoms in total. The molecule has 0 fully saturated rings. The Morgan fingerprint density at radius 3 is 0.906 bits per heavy atom. The Hall–Kier alpha value is -4.82. The summed E-state index contributed by atoms with van der Waals surface area (Å²) in [4.78, 5) is 51.5. The molecule has 0 amide bonds. The maximum Gasteiger partial charge on any atom is 0.338 e. The van der Waals surface area contributed by atoms with Gasteiger partial charge in [-0.3, -0.25) is 0 Å². The number of benzene rings is 2. The lowest BCUT2D eigenvalue weighted by Gasteiger charge is -2.13. The minimum atomic E-state index is -0.593. The molecule has 16 heteroatoms. The Morgan fingerprint density at radius 2 is 0.641 bits per heavy atom. The number of rotatable bonds is 28. The molecule has 0 saturated heterocycles. The van der Waals surface area contributed by atoms with Crippen LogP contribution in [0.25, 0.3) is 0 Å². The number of carbonyl (C=O) groups is 2. The molecule has 4 aromatic rings. The summed E-state index contributed by atoms with van der Waals surface area (Å²) in [5, 5.41) is -0.487. The Bertz CT molecular complexity index is 1810. The van der Waals surface area contributed by atoms with Gasteiger partial charge < -0.3 is 28.4 Å². The normalized spacial score (nSPS) is 11.8. The van der Waals surface area contributed by atoms with E-state index in [4.69, 9.17) is 51.6 Å². The molecule has 0 atom stereocenters. The number of carbonyl (C=O) groups excluding carboxylic acids is 2. The molecule has 3 heterocycles. The van der Waals surface area contributed by atoms with Crippen molar-refractivity contribution in [1.29, 1.82) is 0 Å². The van der Waals surface area contributed by atoms with E-state index in [2.05, 4.69) is 43.8 Å². The Kier molecular flexibility index (Phi) is 22.6. The number of ether oxygens (including phenoxy) is 6. The summed E-state index contributed by atoms with van der Waals surface area (Å²) in [6, 6.07) is 7.71. The standard InChI is InChI=1S/C48H64Cl2N6O8/c1-3-5-7-9-11-13-15-17-19-21-23-25-27-59-41(57)35-29-37-33-38(30-35)62-46-52-44(50)54-48(56-46)64-40-32-36(31-39(34-40)63-47-53-43(49)51-45(55-47)61-37)42(58)60-28-26-24-22-20-18-16-14-12-10-8-6-4-2/h29-34H,3-28H2,1-2H3. The zero-order valence-electron chi connectivity index (χ0n) is 37.6. The third kappa shape index (κ3) is 19.1. The van der Waals surface area contributed by atoms with E-state index in [1.54, 1.807) is 0 Å². The number of esters is 2. The molecule has 2 aromatic heterocycles. The molecule has 0 aliphatic carbocycles. The second kappa shape index (κ2) is 28.9. The van der Waals surface area contributed by atoms with Crippen molar-refractivity contribution in [1.82, 2.24) is 29.9 Å². The first-order valence-corrected chi connectivity index (χ1v) is 24.2. The van der Waals surface area contributed by atoms with Gasteiger partial charge in [0.05, 0.1) is 24.3 Å². The summed E-state index contributed by atoms with van der Waals surface area (Å²) in [6.45, 7) is 4.99. The second-order valence-electron chi connectivity index (χ2n) is 16.2. The summed E-state index contributed by atoms with van der Waals surface area (Å²) in [6.07, 6.45) is 28.7. The molecule has 2 aromatic carbocycles. The Labute approximate surface area is 387 Å². The zero-order valence-corrected chi connectivity index (χ0v) is 39.1. The third-order valence-electron chi connectivity index (χ3n) is 10.7. The van der Waals surface area contributed by atoms with Crippen LogP contribution >= 0.6 is 23.2 Å². The molecule has 0 saturated carbocycles. The van der Waals surface area contributed by atoms with E-state index < -0.39 is 11.9 Å². The van der Waals surface area contributed by atoms with Crippen LogP contribution in [0.1, 0.15) is 189 Å². The largest absolute Gasteiger partial charge is 0.462 e. The maximum absolute atomic E-state index is 13.3. The number of unbranched alkanes of at least 4 members (excludes halogenated alkanes) is 22. The predicted molar refractivity (Wildman–Crippen MR) is 246 cm³/mol. The zero-order chi connectivity index (χ0) is 45.2. The van der Waals surface area contributed by atoms with Gasteiger partial charge in [-0.05, 0) is 60.3 Å². The molecular formula is C48H64Cl2N6O8. The van der Waals surface area contributed by atoms with Gasteiger partial charge >= 0.3 is 36.0 Å². The van der Waals surface area contributed by atoms with Crippen molar-refractivity contribution in [3.63, 3.8) is 0 Å². The van der Waals surface area contributed by atoms with E-state index in [1.165, 1.54) is 152 Å². The average molecular weight is 924 g/mol. The average Bonchev–Trinajstić information content (AvgIpc) is 3.26. The van der Waals surface area contributed by atoms with Gasteiger partial charge in [-0.25, -0.2) is 9.59 Å². The van der Waals surface area contributed by atoms with Crippen LogP contribution in [-0.2, 0) is 9.47 Å². The van der Waals surface area contributed by atoms with Crippen molar-refractivity contribution < 1.29 is 38.0 Å². The molecule has 348 valence electrons. The van der Waals surface area contributed by atoms with Gasteiger partial charge in [-0.1, -0.05) is 155 Å². The maximum atomic E-state index is 13.3. The molecule has 5 rings (SSSR count). The molecule has 0 radical (unpaired) electrons. The van der Waals surface area contributed by atoms with Crippen LogP contribution in [-0.4, -0.2) is 55.1 Å². The highest BCUT2D eigenvalue weighted by Crippen LogP contribution is 2.34. The van der Waals surface area contributed by atoms with E-state index in [0.717, 1.165) is 38.5 Å². The second-order valence-corrected chi connectivity index (χ2v) is 16.9. The van der Waals surface area contributed by atoms with Crippen molar-refractivity contribution in [3.05, 3.63) is 58.1 Å². The van der Waals surface area contributed by atoms with Gasteiger partial charge in [-0.15, -0.1) is 9.97 Å². The molecule has 0 unspecified atom stereocenters. The van der Waals surface area contributed by atoms with Gasteiger partial charge in [0.2, 0.25) is 10.6 Å². The summed E-state index contributed by atoms with van der Waals surface area (Å²) >= 11 is 12.6. The highest BCUT2D eigenvalue weighted by atomic mass is 35.5. The number of halogens is 2. The van der Waals surface area contributed by atoms with Gasteiger partial charge in [0, 0.05) is 12.1 Å². The lowest BCUT2D eigenvalue weighted by molar-refractivity contribution is 0.0488. The SMILES string of the molecule is CCCCCCCCCCCCCCOC(=O)c1cc2cc(c1)Oc1nc(Cl)nc(n1)Oc1cc(cc(C(=O)OCCCCCCCCCCCCCC)c1)Oc1nc(Cl)nc(n1)O2. The minimum Gasteiger partial charge on any atom is -0.462 e. The minimum absolute atomic E-state index is 0.0898. The van der Waals surface area contributed by atoms with E-state index in [1.807, 2.05) is 0 Å². The highest BCUT2D eigenvalue weighted by Gasteiger charge is 2.20. The first kappa shape index (κ1) is 50.2. The van der Waals surface area contributed by atoms with Gasteiger partial charge in [0.15, 0.2) is 0 Å². The van der Waals surface area contributed by atoms with Crippen molar-refractivity contribution in [2.24, 2.45) is 0 Å². The van der Waals surface area contributed by atoms with Crippen molar-refractivity contribution in [2.75, 3.05) is 13.2 Å². The third-order valence-corrected chi connectivity index (χ3v) is 11.0. The van der Waals surface area contributed by atoms with E-state index in [9.17, 15) is 9.59 Å². The van der Waals surface area contributed by atoms with E-state index in [-0.39, 0.29) is 81.9 Å². The van der Waals surface area contributed by atoms with Gasteiger partial charge in [0.25, 0.3) is 0 Å². The van der Waals surface area contributed by atoms with Crippen LogP contribution in [0.5, 0.6) is 47.0 Å². The fourth-order valence-electron chi connectivity index (χ4n) is 7.23. The van der Waals surface area contributed by atoms with Crippen LogP contribution < -0.4 is 18.9 Å². The van der Waals surface area contributed by atoms with Gasteiger partial charge in [0.1, 0.15) is 23.0 Å². The first-order chi connectivity index (χ1) is 31.3. The lowest BCUT2D eigenvalue weighted by Crippen LogP contribution is -2.08. The van der Waals surface area contributed by atoms with Crippen molar-refractivity contribution in [3.8, 4) is 47.0 Å². The lowest BCUT2D eigenvalue weighted by atomic mass is 10.1. The fraction of sp³-hybridized carbons (Fsp3) is 0.583. The molecule has 0 spiro atoms. The summed E-state index contributed by atoms with van der Waals surface area (Å²) in [7, 11) is 0. The summed E-state index contributed by atoms with van der Waals surface area (Å²) in [5.41, 5.74) is 0.239. The monoisotopic (exact) mass is 922 g/mol. The summed E-state index contributed by atoms with van der Waals surface area (Å²) in [5.74, 6) is -0.826. The summed E-state index contributed by atoms with van der Waals surface area (Å²) < 4.78 is 35.1. The predicted octanol–water partition coefficient (Wildman–Crippen LogP) is 14.6. The highest BCUT2D eigenvalue weighted by molar-refractivity contribution is 6.28. The van der Waals surface area contributed by atoms with E-state index in [0.29, 0.717) is 0 Å². The Balaban J connectivity index is 1.20. The van der Waals surface area contributed by atoms with Crippen LogP contribution in [0.2, 0.25) is 10.6 Å². The van der Waals surface area contributed by atoms with Gasteiger partial charge in [-0.2, -0.15) is 19.9 Å². The van der Waals surface area contributed by atoms with Crippen LogP contribution in [0.15, 0.2) is 36.4 Å². The smallest absolute Gasteiger partial charge is 0.338 e. The van der Waals surface area contributed by atoms with Crippen molar-refractivity contribution >= 4 is 35.1 Å². The van der Waals surface area contributed by atoms with Crippen LogP contribution in [0, 0.1) is 0 Å². The number of fused-ring (bicyclic) bond motifs is 8. The molecule has 8 bridgehead atoms. The molecule has 0 N–H and O–H groups in total. The number of hydrogen-bond donors (Lipinski definition) is 0. The van der Waals surface area contributed by atoms with Crippen LogP contribution in [0.3, 0.4) is 0 Å². The molecule has 64 heavy (non-hydrogen) atoms. The topological polar surface area (TPSA) is 167 Å². The fourth-order valence-corrected chi connectivity index (χ4v) is 7.52. The number of nitrogens with zero attached hydrogens (tertiary/aromatic N) is 6. The quantitative estimate of drug-likeness (QED) is 0.0343. The molecule has 1 aliphatic rings. The molecule has 1 aliphatic heterocycles. The van der Waals surface area contributed by atoms with Crippen LogP contribution in [0.4, 0.5) is 0 Å². The Morgan fingerprint density at radius 1 is 0.391 bits per heavy atom. The number of hydrogen-bond acceptors (Lipinski definition) is 14. The molecular weight excluding hydrogens is 859 g/mol. The van der Waals surface area contributed by atoms with Crippen molar-refractivity contribution in [2.45, 2.75) is 168 Å².